The zero-order valence-corrected chi connectivity index (χ0v) is 16.4. The fraction of sp³-hybridized carbons (Fsp3) is 0.227. The Balaban J connectivity index is 1.65. The Hall–Kier alpha value is -3.61. The Morgan fingerprint density at radius 3 is 2.59 bits per heavy atom. The molecule has 0 saturated heterocycles. The SMILES string of the molecule is Cc1c(NC(=O)c2ccc3c(c2)CCCC(=O)N3)c(=O)n(-c2ccccc2)n1C. The number of benzene rings is 2. The number of fused-ring (bicyclic) bond motifs is 1. The highest BCUT2D eigenvalue weighted by Crippen LogP contribution is 2.24. The van der Waals surface area contributed by atoms with Crippen LogP contribution >= 0.6 is 0 Å². The van der Waals surface area contributed by atoms with Gasteiger partial charge in [0, 0.05) is 24.7 Å². The van der Waals surface area contributed by atoms with E-state index in [2.05, 4.69) is 10.6 Å². The van der Waals surface area contributed by atoms with Gasteiger partial charge >= 0.3 is 0 Å². The lowest BCUT2D eigenvalue weighted by atomic mass is 10.0. The Morgan fingerprint density at radius 2 is 1.83 bits per heavy atom. The zero-order chi connectivity index (χ0) is 20.5. The van der Waals surface area contributed by atoms with Crippen LogP contribution < -0.4 is 16.2 Å². The fourth-order valence-electron chi connectivity index (χ4n) is 3.61. The van der Waals surface area contributed by atoms with Gasteiger partial charge in [0.2, 0.25) is 5.91 Å². The summed E-state index contributed by atoms with van der Waals surface area (Å²) in [5, 5.41) is 5.63. The highest BCUT2D eigenvalue weighted by Gasteiger charge is 2.20. The largest absolute Gasteiger partial charge is 0.326 e. The maximum atomic E-state index is 13.0. The number of carbonyl (C=O) groups excluding carboxylic acids is 2. The number of carbonyl (C=O) groups is 2. The summed E-state index contributed by atoms with van der Waals surface area (Å²) in [4.78, 5) is 37.5. The summed E-state index contributed by atoms with van der Waals surface area (Å²) in [6.07, 6.45) is 1.93. The molecule has 1 aliphatic rings. The molecule has 0 aliphatic carbocycles. The van der Waals surface area contributed by atoms with E-state index in [-0.39, 0.29) is 23.1 Å². The van der Waals surface area contributed by atoms with E-state index in [0.29, 0.717) is 17.7 Å². The van der Waals surface area contributed by atoms with Crippen LogP contribution in [-0.4, -0.2) is 21.2 Å². The van der Waals surface area contributed by atoms with Gasteiger partial charge < -0.3 is 10.6 Å². The number of hydrogen-bond donors (Lipinski definition) is 2. The van der Waals surface area contributed by atoms with Crippen LogP contribution in [0.2, 0.25) is 0 Å². The molecule has 2 amide bonds. The minimum Gasteiger partial charge on any atom is -0.326 e. The quantitative estimate of drug-likeness (QED) is 0.721. The van der Waals surface area contributed by atoms with E-state index < -0.39 is 0 Å². The Labute approximate surface area is 167 Å². The molecule has 7 heteroatoms. The second-order valence-electron chi connectivity index (χ2n) is 7.16. The number of aromatic nitrogens is 2. The molecule has 2 aromatic carbocycles. The number of nitrogens with zero attached hydrogens (tertiary/aromatic N) is 2. The Kier molecular flexibility index (Phi) is 4.80. The van der Waals surface area contributed by atoms with Crippen LogP contribution in [0, 0.1) is 6.92 Å². The number of nitrogens with one attached hydrogen (secondary N) is 2. The third-order valence-electron chi connectivity index (χ3n) is 5.28. The molecule has 0 unspecified atom stereocenters. The topological polar surface area (TPSA) is 85.1 Å². The second kappa shape index (κ2) is 7.43. The summed E-state index contributed by atoms with van der Waals surface area (Å²) in [5.41, 5.74) is 3.48. The maximum absolute atomic E-state index is 13.0. The normalized spacial score (nSPS) is 13.4. The number of rotatable bonds is 3. The van der Waals surface area contributed by atoms with Crippen molar-refractivity contribution < 1.29 is 9.59 Å². The van der Waals surface area contributed by atoms with Gasteiger partial charge in [-0.3, -0.25) is 19.1 Å². The van der Waals surface area contributed by atoms with Crippen molar-refractivity contribution in [2.45, 2.75) is 26.2 Å². The minimum atomic E-state index is -0.352. The standard InChI is InChI=1S/C22H22N4O3/c1-14-20(22(29)26(25(14)2)17-8-4-3-5-9-17)24-21(28)16-11-12-18-15(13-16)7-6-10-19(27)23-18/h3-5,8-9,11-13H,6-7,10H2,1-2H3,(H,23,27)(H,24,28). The van der Waals surface area contributed by atoms with Gasteiger partial charge in [-0.05, 0) is 55.7 Å². The second-order valence-corrected chi connectivity index (χ2v) is 7.16. The van der Waals surface area contributed by atoms with Gasteiger partial charge in [0.25, 0.3) is 11.5 Å². The summed E-state index contributed by atoms with van der Waals surface area (Å²) >= 11 is 0. The monoisotopic (exact) mass is 390 g/mol. The molecule has 0 radical (unpaired) electrons. The molecule has 0 fully saturated rings. The van der Waals surface area contributed by atoms with E-state index in [1.54, 1.807) is 36.9 Å². The van der Waals surface area contributed by atoms with Gasteiger partial charge in [0.05, 0.1) is 11.4 Å². The maximum Gasteiger partial charge on any atom is 0.295 e. The van der Waals surface area contributed by atoms with Gasteiger partial charge in [-0.15, -0.1) is 0 Å². The van der Waals surface area contributed by atoms with Crippen LogP contribution in [0.4, 0.5) is 11.4 Å². The number of aryl methyl sites for hydroxylation is 1. The third kappa shape index (κ3) is 3.47. The third-order valence-corrected chi connectivity index (χ3v) is 5.28. The molecule has 0 bridgehead atoms. The molecule has 4 rings (SSSR count). The smallest absolute Gasteiger partial charge is 0.295 e. The highest BCUT2D eigenvalue weighted by molar-refractivity contribution is 6.05. The molecule has 0 spiro atoms. The van der Waals surface area contributed by atoms with E-state index in [0.717, 1.165) is 29.8 Å². The molecule has 2 N–H and O–H groups in total. The molecule has 1 aromatic heterocycles. The van der Waals surface area contributed by atoms with Crippen LogP contribution in [0.1, 0.15) is 34.5 Å². The van der Waals surface area contributed by atoms with Crippen molar-refractivity contribution in [2.75, 3.05) is 10.6 Å². The van der Waals surface area contributed by atoms with E-state index >= 15 is 0 Å². The average Bonchev–Trinajstić information content (AvgIpc) is 2.85. The summed E-state index contributed by atoms with van der Waals surface area (Å²) in [5.74, 6) is -0.364. The first kappa shape index (κ1) is 18.7. The lowest BCUT2D eigenvalue weighted by Gasteiger charge is -2.09. The predicted octanol–water partition coefficient (Wildman–Crippen LogP) is 3.01. The molecule has 3 aromatic rings. The molecular weight excluding hydrogens is 368 g/mol. The minimum absolute atomic E-state index is 0.0117. The van der Waals surface area contributed by atoms with Gasteiger partial charge in [0.15, 0.2) is 0 Å². The fourth-order valence-corrected chi connectivity index (χ4v) is 3.61. The van der Waals surface area contributed by atoms with E-state index in [1.807, 2.05) is 30.3 Å². The van der Waals surface area contributed by atoms with Crippen LogP contribution in [0.25, 0.3) is 5.69 Å². The molecule has 0 atom stereocenters. The van der Waals surface area contributed by atoms with Crippen LogP contribution in [0.3, 0.4) is 0 Å². The van der Waals surface area contributed by atoms with Gasteiger partial charge in [-0.1, -0.05) is 18.2 Å². The van der Waals surface area contributed by atoms with Crippen LogP contribution in [0.15, 0.2) is 53.3 Å². The van der Waals surface area contributed by atoms with E-state index in [1.165, 1.54) is 4.68 Å². The van der Waals surface area contributed by atoms with Gasteiger partial charge in [-0.2, -0.15) is 0 Å². The molecular formula is C22H22N4O3. The van der Waals surface area contributed by atoms with Crippen molar-refractivity contribution >= 4 is 23.2 Å². The van der Waals surface area contributed by atoms with E-state index in [9.17, 15) is 14.4 Å². The summed E-state index contributed by atoms with van der Waals surface area (Å²) in [6, 6.07) is 14.5. The van der Waals surface area contributed by atoms with Crippen molar-refractivity contribution in [3.8, 4) is 5.69 Å². The first-order valence-corrected chi connectivity index (χ1v) is 9.54. The average molecular weight is 390 g/mol. The number of para-hydroxylation sites is 1. The van der Waals surface area contributed by atoms with Gasteiger partial charge in [0.1, 0.15) is 5.69 Å². The molecule has 0 saturated carbocycles. The number of hydrogen-bond acceptors (Lipinski definition) is 3. The van der Waals surface area contributed by atoms with Gasteiger partial charge in [-0.25, -0.2) is 4.68 Å². The summed E-state index contributed by atoms with van der Waals surface area (Å²) in [7, 11) is 1.78. The Bertz CT molecular complexity index is 1160. The van der Waals surface area contributed by atoms with Crippen molar-refractivity contribution in [1.29, 1.82) is 0 Å². The lowest BCUT2D eigenvalue weighted by molar-refractivity contribution is -0.116. The van der Waals surface area contributed by atoms with Crippen molar-refractivity contribution in [2.24, 2.45) is 7.05 Å². The summed E-state index contributed by atoms with van der Waals surface area (Å²) in [6.45, 7) is 1.79. The molecule has 1 aliphatic heterocycles. The Morgan fingerprint density at radius 1 is 1.07 bits per heavy atom. The van der Waals surface area contributed by atoms with Crippen LogP contribution in [-0.2, 0) is 18.3 Å². The highest BCUT2D eigenvalue weighted by atomic mass is 16.2. The van der Waals surface area contributed by atoms with Crippen molar-refractivity contribution in [3.05, 3.63) is 75.7 Å². The van der Waals surface area contributed by atoms with Crippen molar-refractivity contribution in [3.63, 3.8) is 0 Å². The molecule has 7 nitrogen and oxygen atoms in total. The molecule has 148 valence electrons. The first-order valence-electron chi connectivity index (χ1n) is 9.54. The lowest BCUT2D eigenvalue weighted by Crippen LogP contribution is -2.23. The number of amides is 2. The number of anilines is 2. The van der Waals surface area contributed by atoms with Crippen molar-refractivity contribution in [1.82, 2.24) is 9.36 Å². The predicted molar refractivity (Wildman–Crippen MR) is 112 cm³/mol. The molecule has 29 heavy (non-hydrogen) atoms. The van der Waals surface area contributed by atoms with E-state index in [4.69, 9.17) is 0 Å². The zero-order valence-electron chi connectivity index (χ0n) is 16.4. The van der Waals surface area contributed by atoms with Crippen LogP contribution in [0.5, 0.6) is 0 Å². The summed E-state index contributed by atoms with van der Waals surface area (Å²) < 4.78 is 3.25. The first-order chi connectivity index (χ1) is 14.0. The molecule has 2 heterocycles.